The number of nitrogens with zero attached hydrogens (tertiary/aromatic N) is 1. The molecule has 1 aromatic carbocycles. The van der Waals surface area contributed by atoms with Crippen LogP contribution in [0.4, 0.5) is 10.5 Å². The molecule has 1 N–H and O–H groups in total. The average molecular weight is 334 g/mol. The van der Waals surface area contributed by atoms with E-state index in [0.29, 0.717) is 0 Å². The van der Waals surface area contributed by atoms with Gasteiger partial charge in [-0.2, -0.15) is 0 Å². The van der Waals surface area contributed by atoms with Crippen molar-refractivity contribution >= 4 is 11.8 Å². The number of nitrogens with one attached hydrogen (secondary N) is 1. The van der Waals surface area contributed by atoms with Gasteiger partial charge in [0.05, 0.1) is 18.2 Å². The molecule has 24 heavy (non-hydrogen) atoms. The van der Waals surface area contributed by atoms with E-state index >= 15 is 0 Å². The van der Waals surface area contributed by atoms with Crippen molar-refractivity contribution in [3.63, 3.8) is 0 Å². The van der Waals surface area contributed by atoms with E-state index in [1.165, 1.54) is 0 Å². The number of alkyl carbamates (subject to hydrolysis) is 1. The second-order valence-corrected chi connectivity index (χ2v) is 7.63. The summed E-state index contributed by atoms with van der Waals surface area (Å²) in [6.45, 7) is 13.5. The molecule has 1 fully saturated rings. The quantitative estimate of drug-likeness (QED) is 0.911. The molecule has 0 saturated carbocycles. The molecular formula is C19H30N2O3. The van der Waals surface area contributed by atoms with Crippen LogP contribution in [-0.4, -0.2) is 37.0 Å². The molecule has 5 nitrogen and oxygen atoms in total. The first-order valence-corrected chi connectivity index (χ1v) is 8.64. The molecule has 1 saturated heterocycles. The van der Waals surface area contributed by atoms with Crippen LogP contribution in [0.3, 0.4) is 0 Å². The summed E-state index contributed by atoms with van der Waals surface area (Å²) in [5.74, 6) is 0. The normalized spacial score (nSPS) is 22.8. The van der Waals surface area contributed by atoms with Gasteiger partial charge in [0.15, 0.2) is 0 Å². The monoisotopic (exact) mass is 334 g/mol. The predicted octanol–water partition coefficient (Wildman–Crippen LogP) is 3.89. The second-order valence-electron chi connectivity index (χ2n) is 7.63. The lowest BCUT2D eigenvalue weighted by Gasteiger charge is -2.37. The minimum Gasteiger partial charge on any atom is -0.444 e. The van der Waals surface area contributed by atoms with Crippen LogP contribution >= 0.6 is 0 Å². The zero-order chi connectivity index (χ0) is 17.9. The smallest absolute Gasteiger partial charge is 0.408 e. The number of amides is 1. The van der Waals surface area contributed by atoms with Crippen molar-refractivity contribution in [3.05, 3.63) is 29.8 Å². The topological polar surface area (TPSA) is 50.8 Å². The van der Waals surface area contributed by atoms with E-state index < -0.39 is 11.7 Å². The third-order valence-corrected chi connectivity index (χ3v) is 3.89. The first-order valence-electron chi connectivity index (χ1n) is 8.64. The Morgan fingerprint density at radius 3 is 2.50 bits per heavy atom. The zero-order valence-corrected chi connectivity index (χ0v) is 15.6. The Morgan fingerprint density at radius 1 is 1.29 bits per heavy atom. The van der Waals surface area contributed by atoms with Crippen LogP contribution < -0.4 is 10.2 Å². The summed E-state index contributed by atoms with van der Waals surface area (Å²) in [5.41, 5.74) is 1.73. The number of morpholine rings is 1. The highest BCUT2D eigenvalue weighted by Crippen LogP contribution is 2.24. The molecule has 0 bridgehead atoms. The van der Waals surface area contributed by atoms with E-state index in [1.54, 1.807) is 0 Å². The van der Waals surface area contributed by atoms with Crippen LogP contribution in [0.2, 0.25) is 0 Å². The lowest BCUT2D eigenvalue weighted by molar-refractivity contribution is -0.00522. The van der Waals surface area contributed by atoms with Crippen LogP contribution in [-0.2, 0) is 9.47 Å². The Labute approximate surface area is 145 Å². The molecule has 1 heterocycles. The summed E-state index contributed by atoms with van der Waals surface area (Å²) in [6.07, 6.45) is 0.0402. The zero-order valence-electron chi connectivity index (χ0n) is 15.6. The first-order chi connectivity index (χ1) is 11.1. The number of carbonyl (C=O) groups is 1. The van der Waals surface area contributed by atoms with Crippen LogP contribution in [0.5, 0.6) is 0 Å². The van der Waals surface area contributed by atoms with E-state index in [9.17, 15) is 4.79 Å². The molecule has 1 amide bonds. The van der Waals surface area contributed by atoms with Gasteiger partial charge >= 0.3 is 6.09 Å². The standard InChI is InChI=1S/C19H30N2O3/c1-13-11-21(12-14(2)23-13)17-9-7-8-16(10-17)15(3)20-18(22)24-19(4,5)6/h7-10,13-15H,11-12H2,1-6H3,(H,20,22)/t13-,14+,15-/m0/s1. The van der Waals surface area contributed by atoms with E-state index in [1.807, 2.05) is 39.8 Å². The highest BCUT2D eigenvalue weighted by molar-refractivity contribution is 5.68. The highest BCUT2D eigenvalue weighted by atomic mass is 16.6. The molecule has 1 aliphatic rings. The minimum absolute atomic E-state index is 0.115. The highest BCUT2D eigenvalue weighted by Gasteiger charge is 2.23. The maximum Gasteiger partial charge on any atom is 0.408 e. The molecule has 1 aromatic rings. The van der Waals surface area contributed by atoms with E-state index in [4.69, 9.17) is 9.47 Å². The fourth-order valence-corrected chi connectivity index (χ4v) is 2.95. The summed E-state index contributed by atoms with van der Waals surface area (Å²) >= 11 is 0. The summed E-state index contributed by atoms with van der Waals surface area (Å²) in [5, 5.41) is 2.90. The second kappa shape index (κ2) is 7.43. The largest absolute Gasteiger partial charge is 0.444 e. The summed E-state index contributed by atoms with van der Waals surface area (Å²) in [4.78, 5) is 14.3. The Hall–Kier alpha value is -1.75. The minimum atomic E-state index is -0.494. The van der Waals surface area contributed by atoms with E-state index in [-0.39, 0.29) is 18.2 Å². The van der Waals surface area contributed by atoms with Crippen LogP contribution in [0.25, 0.3) is 0 Å². The van der Waals surface area contributed by atoms with Crippen LogP contribution in [0.15, 0.2) is 24.3 Å². The number of benzene rings is 1. The number of ether oxygens (including phenoxy) is 2. The Morgan fingerprint density at radius 2 is 1.92 bits per heavy atom. The van der Waals surface area contributed by atoms with Crippen molar-refractivity contribution in [2.24, 2.45) is 0 Å². The van der Waals surface area contributed by atoms with Gasteiger partial charge in [-0.05, 0) is 59.2 Å². The van der Waals surface area contributed by atoms with Gasteiger partial charge in [-0.1, -0.05) is 12.1 Å². The maximum absolute atomic E-state index is 12.0. The Bertz CT molecular complexity index is 558. The summed E-state index contributed by atoms with van der Waals surface area (Å²) in [7, 11) is 0. The molecule has 0 radical (unpaired) electrons. The third kappa shape index (κ3) is 5.41. The van der Waals surface area contributed by atoms with Gasteiger partial charge < -0.3 is 19.7 Å². The van der Waals surface area contributed by atoms with Crippen molar-refractivity contribution in [3.8, 4) is 0 Å². The molecule has 1 aliphatic heterocycles. The molecule has 3 atom stereocenters. The summed E-state index contributed by atoms with van der Waals surface area (Å²) in [6, 6.07) is 8.18. The maximum atomic E-state index is 12.0. The van der Waals surface area contributed by atoms with Crippen molar-refractivity contribution in [1.82, 2.24) is 5.32 Å². The predicted molar refractivity (Wildman–Crippen MR) is 96.4 cm³/mol. The van der Waals surface area contributed by atoms with Crippen LogP contribution in [0.1, 0.15) is 53.1 Å². The van der Waals surface area contributed by atoms with Gasteiger partial charge in [0, 0.05) is 18.8 Å². The molecule has 0 aromatic heterocycles. The van der Waals surface area contributed by atoms with Gasteiger partial charge in [0.2, 0.25) is 0 Å². The lowest BCUT2D eigenvalue weighted by atomic mass is 10.1. The summed E-state index contributed by atoms with van der Waals surface area (Å²) < 4.78 is 11.1. The number of hydrogen-bond acceptors (Lipinski definition) is 4. The molecule has 0 aliphatic carbocycles. The average Bonchev–Trinajstić information content (AvgIpc) is 2.44. The molecule has 5 heteroatoms. The number of hydrogen-bond donors (Lipinski definition) is 1. The molecule has 0 unspecified atom stereocenters. The van der Waals surface area contributed by atoms with Crippen molar-refractivity contribution in [2.75, 3.05) is 18.0 Å². The molecule has 2 rings (SSSR count). The van der Waals surface area contributed by atoms with Gasteiger partial charge in [-0.15, -0.1) is 0 Å². The lowest BCUT2D eigenvalue weighted by Crippen LogP contribution is -2.45. The van der Waals surface area contributed by atoms with E-state index in [2.05, 4.69) is 36.2 Å². The van der Waals surface area contributed by atoms with Gasteiger partial charge in [-0.25, -0.2) is 4.79 Å². The SMILES string of the molecule is C[C@@H]1CN(c2cccc([C@H](C)NC(=O)OC(C)(C)C)c2)C[C@H](C)O1. The fourth-order valence-electron chi connectivity index (χ4n) is 2.95. The number of rotatable bonds is 3. The van der Waals surface area contributed by atoms with E-state index in [0.717, 1.165) is 24.3 Å². The van der Waals surface area contributed by atoms with Gasteiger partial charge in [0.25, 0.3) is 0 Å². The fraction of sp³-hybridized carbons (Fsp3) is 0.632. The number of anilines is 1. The molecular weight excluding hydrogens is 304 g/mol. The van der Waals surface area contributed by atoms with Crippen molar-refractivity contribution in [2.45, 2.75) is 65.4 Å². The first kappa shape index (κ1) is 18.6. The Balaban J connectivity index is 2.05. The van der Waals surface area contributed by atoms with Crippen LogP contribution in [0, 0.1) is 0 Å². The molecule has 134 valence electrons. The van der Waals surface area contributed by atoms with Gasteiger partial charge in [0.1, 0.15) is 5.60 Å². The Kier molecular flexibility index (Phi) is 5.75. The number of carbonyl (C=O) groups excluding carboxylic acids is 1. The van der Waals surface area contributed by atoms with Crippen molar-refractivity contribution < 1.29 is 14.3 Å². The molecule has 0 spiro atoms. The third-order valence-electron chi connectivity index (χ3n) is 3.89. The van der Waals surface area contributed by atoms with Gasteiger partial charge in [-0.3, -0.25) is 0 Å². The van der Waals surface area contributed by atoms with Crippen molar-refractivity contribution in [1.29, 1.82) is 0 Å².